The van der Waals surface area contributed by atoms with E-state index in [9.17, 15) is 17.6 Å². The van der Waals surface area contributed by atoms with E-state index in [4.69, 9.17) is 9.47 Å². The van der Waals surface area contributed by atoms with E-state index in [-0.39, 0.29) is 6.54 Å². The van der Waals surface area contributed by atoms with Crippen LogP contribution < -0.4 is 14.8 Å². The van der Waals surface area contributed by atoms with Gasteiger partial charge in [-0.1, -0.05) is 13.0 Å². The normalized spacial score (nSPS) is 10.6. The van der Waals surface area contributed by atoms with Crippen molar-refractivity contribution in [1.82, 2.24) is 4.98 Å². The summed E-state index contributed by atoms with van der Waals surface area (Å²) >= 11 is 0. The van der Waals surface area contributed by atoms with Crippen molar-refractivity contribution in [3.8, 4) is 11.5 Å². The molecule has 8 heteroatoms. The fourth-order valence-corrected chi connectivity index (χ4v) is 1.99. The maximum absolute atomic E-state index is 13.5. The van der Waals surface area contributed by atoms with E-state index in [0.717, 1.165) is 6.42 Å². The maximum Gasteiger partial charge on any atom is 0.253 e. The fourth-order valence-electron chi connectivity index (χ4n) is 1.99. The Hall–Kier alpha value is -2.51. The molecule has 0 spiro atoms. The van der Waals surface area contributed by atoms with Crippen LogP contribution in [0.1, 0.15) is 18.9 Å². The average Bonchev–Trinajstić information content (AvgIpc) is 2.58. The second-order valence-electron chi connectivity index (χ2n) is 4.88. The molecule has 0 saturated heterocycles. The van der Waals surface area contributed by atoms with E-state index in [0.29, 0.717) is 23.7 Å². The molecule has 0 aliphatic carbocycles. The lowest BCUT2D eigenvalue weighted by Crippen LogP contribution is -2.09. The molecule has 0 bridgehead atoms. The van der Waals surface area contributed by atoms with Gasteiger partial charge in [-0.3, -0.25) is 0 Å². The molecule has 0 radical (unpaired) electrons. The molecule has 0 amide bonds. The zero-order valence-electron chi connectivity index (χ0n) is 13.1. The second-order valence-corrected chi connectivity index (χ2v) is 4.88. The third kappa shape index (κ3) is 3.87. The van der Waals surface area contributed by atoms with Crippen molar-refractivity contribution in [1.29, 1.82) is 0 Å². The number of nitrogens with one attached hydrogen (secondary N) is 1. The number of anilines is 1. The summed E-state index contributed by atoms with van der Waals surface area (Å²) in [6.45, 7) is 2.39. The van der Waals surface area contributed by atoms with E-state index >= 15 is 0 Å². The second kappa shape index (κ2) is 7.85. The first-order valence-corrected chi connectivity index (χ1v) is 7.21. The van der Waals surface area contributed by atoms with Crippen LogP contribution in [0.4, 0.5) is 23.2 Å². The molecule has 4 nitrogen and oxygen atoms in total. The number of ether oxygens (including phenoxy) is 2. The minimum absolute atomic E-state index is 0.0822. The highest BCUT2D eigenvalue weighted by molar-refractivity contribution is 5.48. The lowest BCUT2D eigenvalue weighted by atomic mass is 10.2. The van der Waals surface area contributed by atoms with Crippen LogP contribution in [0.3, 0.4) is 0 Å². The Balaban J connectivity index is 2.18. The highest BCUT2D eigenvalue weighted by Crippen LogP contribution is 2.29. The van der Waals surface area contributed by atoms with E-state index in [1.807, 2.05) is 6.92 Å². The largest absolute Gasteiger partial charge is 0.493 e. The highest BCUT2D eigenvalue weighted by Gasteiger charge is 2.20. The minimum Gasteiger partial charge on any atom is -0.493 e. The molecule has 0 atom stereocenters. The summed E-state index contributed by atoms with van der Waals surface area (Å²) < 4.78 is 63.9. The summed E-state index contributed by atoms with van der Waals surface area (Å²) in [5, 5.41) is 2.33. The van der Waals surface area contributed by atoms with Crippen LogP contribution in [0.15, 0.2) is 18.2 Å². The van der Waals surface area contributed by atoms with Crippen LogP contribution in [0, 0.1) is 23.5 Å². The van der Waals surface area contributed by atoms with Crippen LogP contribution in [0.5, 0.6) is 11.5 Å². The number of halogens is 4. The van der Waals surface area contributed by atoms with Gasteiger partial charge in [-0.15, -0.1) is 0 Å². The number of hydrogen-bond donors (Lipinski definition) is 1. The van der Waals surface area contributed by atoms with Crippen LogP contribution in [-0.2, 0) is 6.54 Å². The Morgan fingerprint density at radius 1 is 1.04 bits per heavy atom. The average molecular weight is 344 g/mol. The molecule has 0 aliphatic heterocycles. The highest BCUT2D eigenvalue weighted by atomic mass is 19.2. The summed E-state index contributed by atoms with van der Waals surface area (Å²) in [5.74, 6) is -5.61. The van der Waals surface area contributed by atoms with Crippen LogP contribution >= 0.6 is 0 Å². The summed E-state index contributed by atoms with van der Waals surface area (Å²) in [6, 6.07) is 4.89. The number of methoxy groups -OCH3 is 1. The first-order chi connectivity index (χ1) is 11.5. The number of hydrogen-bond acceptors (Lipinski definition) is 4. The number of pyridine rings is 1. The zero-order valence-corrected chi connectivity index (χ0v) is 13.1. The Morgan fingerprint density at radius 3 is 2.29 bits per heavy atom. The number of rotatable bonds is 7. The van der Waals surface area contributed by atoms with Crippen LogP contribution in [0.2, 0.25) is 0 Å². The summed E-state index contributed by atoms with van der Waals surface area (Å²) in [4.78, 5) is 2.50. The molecule has 1 heterocycles. The Morgan fingerprint density at radius 2 is 1.71 bits per heavy atom. The summed E-state index contributed by atoms with van der Waals surface area (Å²) in [6.07, 6.45) is 0.824. The summed E-state index contributed by atoms with van der Waals surface area (Å²) in [5.41, 5.74) is -0.336. The van der Waals surface area contributed by atoms with Crippen molar-refractivity contribution >= 4 is 5.69 Å². The Bertz CT molecular complexity index is 699. The standard InChI is InChI=1S/C16H16F4N2O2/c1-3-6-24-10-5-4-9(7-11(10)23-2)8-21-14-12(17)15(19)22-16(20)13(14)18/h4-5,7H,3,6,8H2,1-2H3,(H,21,22). The molecule has 130 valence electrons. The van der Waals surface area contributed by atoms with Crippen molar-refractivity contribution in [2.75, 3.05) is 19.0 Å². The smallest absolute Gasteiger partial charge is 0.253 e. The van der Waals surface area contributed by atoms with Gasteiger partial charge in [0.1, 0.15) is 5.69 Å². The van der Waals surface area contributed by atoms with E-state index in [1.165, 1.54) is 7.11 Å². The van der Waals surface area contributed by atoms with Gasteiger partial charge in [0.25, 0.3) is 11.9 Å². The lowest BCUT2D eigenvalue weighted by molar-refractivity contribution is 0.294. The molecule has 2 rings (SSSR count). The molecule has 0 fully saturated rings. The topological polar surface area (TPSA) is 43.4 Å². The molecular formula is C16H16F4N2O2. The van der Waals surface area contributed by atoms with Crippen molar-refractivity contribution in [3.63, 3.8) is 0 Å². The van der Waals surface area contributed by atoms with Gasteiger partial charge in [-0.25, -0.2) is 0 Å². The molecule has 0 aliphatic rings. The van der Waals surface area contributed by atoms with Gasteiger partial charge in [0.15, 0.2) is 11.5 Å². The van der Waals surface area contributed by atoms with E-state index < -0.39 is 29.2 Å². The van der Waals surface area contributed by atoms with Crippen molar-refractivity contribution in [2.24, 2.45) is 0 Å². The van der Waals surface area contributed by atoms with Gasteiger partial charge >= 0.3 is 0 Å². The Kier molecular flexibility index (Phi) is 5.83. The van der Waals surface area contributed by atoms with Gasteiger partial charge < -0.3 is 14.8 Å². The molecule has 2 aromatic rings. The number of benzene rings is 1. The SMILES string of the molecule is CCCOc1ccc(CNc2c(F)c(F)nc(F)c2F)cc1OC. The van der Waals surface area contributed by atoms with Crippen molar-refractivity contribution in [3.05, 3.63) is 47.3 Å². The van der Waals surface area contributed by atoms with Crippen LogP contribution in [0.25, 0.3) is 0 Å². The first-order valence-electron chi connectivity index (χ1n) is 7.21. The van der Waals surface area contributed by atoms with Gasteiger partial charge in [0, 0.05) is 6.54 Å². The Labute approximate surface area is 136 Å². The third-order valence-corrected chi connectivity index (χ3v) is 3.16. The predicted molar refractivity (Wildman–Crippen MR) is 80.2 cm³/mol. The van der Waals surface area contributed by atoms with Crippen molar-refractivity contribution in [2.45, 2.75) is 19.9 Å². The fraction of sp³-hybridized carbons (Fsp3) is 0.312. The third-order valence-electron chi connectivity index (χ3n) is 3.16. The van der Waals surface area contributed by atoms with Gasteiger partial charge in [-0.2, -0.15) is 22.5 Å². The van der Waals surface area contributed by atoms with Gasteiger partial charge in [0.2, 0.25) is 11.6 Å². The molecule has 1 aromatic heterocycles. The van der Waals surface area contributed by atoms with Crippen molar-refractivity contribution < 1.29 is 27.0 Å². The van der Waals surface area contributed by atoms with Gasteiger partial charge in [-0.05, 0) is 24.1 Å². The molecule has 0 unspecified atom stereocenters. The van der Waals surface area contributed by atoms with Crippen LogP contribution in [-0.4, -0.2) is 18.7 Å². The quantitative estimate of drug-likeness (QED) is 0.608. The minimum atomic E-state index is -1.71. The van der Waals surface area contributed by atoms with E-state index in [2.05, 4.69) is 10.3 Å². The zero-order chi connectivity index (χ0) is 17.7. The van der Waals surface area contributed by atoms with E-state index in [1.54, 1.807) is 18.2 Å². The molecule has 0 saturated carbocycles. The lowest BCUT2D eigenvalue weighted by Gasteiger charge is -2.13. The summed E-state index contributed by atoms with van der Waals surface area (Å²) in [7, 11) is 1.46. The monoisotopic (exact) mass is 344 g/mol. The molecule has 24 heavy (non-hydrogen) atoms. The van der Waals surface area contributed by atoms with Gasteiger partial charge in [0.05, 0.1) is 13.7 Å². The number of nitrogens with zero attached hydrogens (tertiary/aromatic N) is 1. The first kappa shape index (κ1) is 17.8. The maximum atomic E-state index is 13.5. The molecular weight excluding hydrogens is 328 g/mol. The number of aromatic nitrogens is 1. The molecule has 1 N–H and O–H groups in total. The predicted octanol–water partition coefficient (Wildman–Crippen LogP) is 4.05. The molecule has 1 aromatic carbocycles.